The van der Waals surface area contributed by atoms with Crippen molar-refractivity contribution in [3.63, 3.8) is 0 Å². The molecule has 0 radical (unpaired) electrons. The second kappa shape index (κ2) is 8.38. The third-order valence-corrected chi connectivity index (χ3v) is 4.13. The molecule has 2 N–H and O–H groups in total. The molecule has 0 bridgehead atoms. The van der Waals surface area contributed by atoms with Crippen molar-refractivity contribution in [2.24, 2.45) is 0 Å². The van der Waals surface area contributed by atoms with Crippen LogP contribution in [0.15, 0.2) is 24.3 Å². The third kappa shape index (κ3) is 4.28. The number of methoxy groups -OCH3 is 1. The Morgan fingerprint density at radius 3 is 2.67 bits per heavy atom. The number of nitrogens with one attached hydrogen (secondary N) is 2. The van der Waals surface area contributed by atoms with Gasteiger partial charge in [-0.1, -0.05) is 18.2 Å². The minimum Gasteiger partial charge on any atom is -0.496 e. The summed E-state index contributed by atoms with van der Waals surface area (Å²) in [5.74, 6) is 0.845. The summed E-state index contributed by atoms with van der Waals surface area (Å²) in [6.07, 6.45) is 0.725. The van der Waals surface area contributed by atoms with E-state index in [2.05, 4.69) is 22.7 Å². The molecule has 2 rings (SSSR count). The van der Waals surface area contributed by atoms with Gasteiger partial charge in [0, 0.05) is 30.9 Å². The van der Waals surface area contributed by atoms with Crippen molar-refractivity contribution in [2.45, 2.75) is 40.3 Å². The molecular weight excluding hydrogens is 304 g/mol. The fourth-order valence-electron chi connectivity index (χ4n) is 2.75. The molecular formula is C18H26N4O2. The summed E-state index contributed by atoms with van der Waals surface area (Å²) in [7, 11) is 1.65. The van der Waals surface area contributed by atoms with E-state index < -0.39 is 0 Å². The minimum atomic E-state index is -0.173. The zero-order valence-electron chi connectivity index (χ0n) is 14.8. The van der Waals surface area contributed by atoms with Crippen molar-refractivity contribution in [1.82, 2.24) is 20.4 Å². The topological polar surface area (TPSA) is 68.2 Å². The van der Waals surface area contributed by atoms with Gasteiger partial charge in [-0.2, -0.15) is 5.10 Å². The Balaban J connectivity index is 1.81. The summed E-state index contributed by atoms with van der Waals surface area (Å²) in [5, 5.41) is 10.2. The summed E-state index contributed by atoms with van der Waals surface area (Å²) < 4.78 is 7.26. The van der Waals surface area contributed by atoms with Crippen LogP contribution in [-0.4, -0.2) is 29.5 Å². The number of aromatic nitrogens is 2. The highest BCUT2D eigenvalue weighted by Gasteiger charge is 2.11. The number of urea groups is 1. The van der Waals surface area contributed by atoms with E-state index >= 15 is 0 Å². The Bertz CT molecular complexity index is 694. The number of carbonyl (C=O) groups excluding carboxylic acids is 1. The summed E-state index contributed by atoms with van der Waals surface area (Å²) >= 11 is 0. The van der Waals surface area contributed by atoms with Crippen LogP contribution in [0.5, 0.6) is 5.75 Å². The first-order chi connectivity index (χ1) is 11.6. The SMILES string of the molecule is CCn1nc(C)c(CNC(=O)NCCc2ccccc2OC)c1C. The molecule has 0 unspecified atom stereocenters. The first-order valence-corrected chi connectivity index (χ1v) is 8.23. The lowest BCUT2D eigenvalue weighted by molar-refractivity contribution is 0.240. The average molecular weight is 330 g/mol. The largest absolute Gasteiger partial charge is 0.496 e. The van der Waals surface area contributed by atoms with E-state index in [1.165, 1.54) is 0 Å². The van der Waals surface area contributed by atoms with Crippen molar-refractivity contribution >= 4 is 6.03 Å². The molecule has 0 aliphatic heterocycles. The molecule has 1 aromatic heterocycles. The molecule has 6 heteroatoms. The lowest BCUT2D eigenvalue weighted by atomic mass is 10.1. The van der Waals surface area contributed by atoms with Crippen LogP contribution in [0.4, 0.5) is 4.79 Å². The molecule has 0 spiro atoms. The van der Waals surface area contributed by atoms with Crippen molar-refractivity contribution in [2.75, 3.05) is 13.7 Å². The van der Waals surface area contributed by atoms with Crippen LogP contribution in [-0.2, 0) is 19.5 Å². The van der Waals surface area contributed by atoms with E-state index in [1.807, 2.05) is 42.8 Å². The normalized spacial score (nSPS) is 10.5. The maximum atomic E-state index is 12.0. The van der Waals surface area contributed by atoms with E-state index in [1.54, 1.807) is 7.11 Å². The first-order valence-electron chi connectivity index (χ1n) is 8.23. The molecule has 2 aromatic rings. The monoisotopic (exact) mass is 330 g/mol. The molecule has 0 saturated heterocycles. The third-order valence-electron chi connectivity index (χ3n) is 4.13. The predicted molar refractivity (Wildman–Crippen MR) is 94.3 cm³/mol. The predicted octanol–water partition coefficient (Wildman–Crippen LogP) is 2.57. The Kier molecular flexibility index (Phi) is 6.23. The number of nitrogens with zero attached hydrogens (tertiary/aromatic N) is 2. The maximum Gasteiger partial charge on any atom is 0.315 e. The molecule has 6 nitrogen and oxygen atoms in total. The molecule has 0 fully saturated rings. The van der Waals surface area contributed by atoms with Gasteiger partial charge < -0.3 is 15.4 Å². The first kappa shape index (κ1) is 17.8. The Morgan fingerprint density at radius 2 is 2.00 bits per heavy atom. The van der Waals surface area contributed by atoms with Crippen molar-refractivity contribution in [1.29, 1.82) is 0 Å². The summed E-state index contributed by atoms with van der Waals surface area (Å²) in [4.78, 5) is 12.0. The molecule has 1 aromatic carbocycles. The highest BCUT2D eigenvalue weighted by atomic mass is 16.5. The van der Waals surface area contributed by atoms with Crippen molar-refractivity contribution in [3.8, 4) is 5.75 Å². The molecule has 24 heavy (non-hydrogen) atoms. The number of benzene rings is 1. The number of hydrogen-bond acceptors (Lipinski definition) is 3. The Morgan fingerprint density at radius 1 is 1.25 bits per heavy atom. The highest BCUT2D eigenvalue weighted by Crippen LogP contribution is 2.17. The quantitative estimate of drug-likeness (QED) is 0.820. The number of hydrogen-bond donors (Lipinski definition) is 2. The summed E-state index contributed by atoms with van der Waals surface area (Å²) in [6.45, 7) is 7.92. The molecule has 0 saturated carbocycles. The van der Waals surface area contributed by atoms with Crippen LogP contribution in [0.1, 0.15) is 29.4 Å². The average Bonchev–Trinajstić information content (AvgIpc) is 2.87. The number of amides is 2. The zero-order chi connectivity index (χ0) is 17.5. The molecule has 0 atom stereocenters. The molecule has 0 aliphatic rings. The van der Waals surface area contributed by atoms with E-state index in [0.29, 0.717) is 13.1 Å². The van der Waals surface area contributed by atoms with Crippen LogP contribution in [0.3, 0.4) is 0 Å². The fraction of sp³-hybridized carbons (Fsp3) is 0.444. The van der Waals surface area contributed by atoms with Crippen LogP contribution in [0.2, 0.25) is 0 Å². The van der Waals surface area contributed by atoms with Gasteiger partial charge >= 0.3 is 6.03 Å². The standard InChI is InChI=1S/C18H26N4O2/c1-5-22-14(3)16(13(2)21-22)12-20-18(23)19-11-10-15-8-6-7-9-17(15)24-4/h6-9H,5,10-12H2,1-4H3,(H2,19,20,23). The Labute approximate surface area is 143 Å². The number of carbonyl (C=O) groups is 1. The zero-order valence-corrected chi connectivity index (χ0v) is 14.8. The van der Waals surface area contributed by atoms with E-state index in [9.17, 15) is 4.79 Å². The molecule has 1 heterocycles. The van der Waals surface area contributed by atoms with E-state index in [-0.39, 0.29) is 6.03 Å². The lowest BCUT2D eigenvalue weighted by Gasteiger charge is -2.10. The van der Waals surface area contributed by atoms with Gasteiger partial charge in [0.25, 0.3) is 0 Å². The highest BCUT2D eigenvalue weighted by molar-refractivity contribution is 5.73. The smallest absolute Gasteiger partial charge is 0.315 e. The second-order valence-electron chi connectivity index (χ2n) is 5.64. The minimum absolute atomic E-state index is 0.173. The van der Waals surface area contributed by atoms with Crippen molar-refractivity contribution in [3.05, 3.63) is 46.8 Å². The van der Waals surface area contributed by atoms with Crippen LogP contribution in [0, 0.1) is 13.8 Å². The van der Waals surface area contributed by atoms with E-state index in [4.69, 9.17) is 4.74 Å². The van der Waals surface area contributed by atoms with Gasteiger partial charge in [-0.3, -0.25) is 4.68 Å². The fourth-order valence-corrected chi connectivity index (χ4v) is 2.75. The number of para-hydroxylation sites is 1. The molecule has 2 amide bonds. The van der Waals surface area contributed by atoms with Crippen LogP contribution < -0.4 is 15.4 Å². The van der Waals surface area contributed by atoms with Gasteiger partial charge in [-0.25, -0.2) is 4.79 Å². The lowest BCUT2D eigenvalue weighted by Crippen LogP contribution is -2.36. The van der Waals surface area contributed by atoms with Crippen molar-refractivity contribution < 1.29 is 9.53 Å². The summed E-state index contributed by atoms with van der Waals surface area (Å²) in [5.41, 5.74) is 4.22. The Hall–Kier alpha value is -2.50. The van der Waals surface area contributed by atoms with E-state index in [0.717, 1.165) is 41.2 Å². The van der Waals surface area contributed by atoms with Crippen LogP contribution in [0.25, 0.3) is 0 Å². The number of aryl methyl sites for hydroxylation is 2. The van der Waals surface area contributed by atoms with Gasteiger partial charge in [-0.05, 0) is 38.8 Å². The van der Waals surface area contributed by atoms with Gasteiger partial charge in [-0.15, -0.1) is 0 Å². The van der Waals surface area contributed by atoms with Crippen LogP contribution >= 0.6 is 0 Å². The molecule has 130 valence electrons. The van der Waals surface area contributed by atoms with Gasteiger partial charge in [0.1, 0.15) is 5.75 Å². The second-order valence-corrected chi connectivity index (χ2v) is 5.64. The number of ether oxygens (including phenoxy) is 1. The molecule has 0 aliphatic carbocycles. The van der Waals surface area contributed by atoms with Gasteiger partial charge in [0.2, 0.25) is 0 Å². The van der Waals surface area contributed by atoms with Gasteiger partial charge in [0.05, 0.1) is 12.8 Å². The maximum absolute atomic E-state index is 12.0. The summed E-state index contributed by atoms with van der Waals surface area (Å²) in [6, 6.07) is 7.66. The van der Waals surface area contributed by atoms with Gasteiger partial charge in [0.15, 0.2) is 0 Å². The number of rotatable bonds is 7.